The van der Waals surface area contributed by atoms with Gasteiger partial charge in [-0.05, 0) is 30.2 Å². The zero-order valence-corrected chi connectivity index (χ0v) is 22.0. The Kier molecular flexibility index (Phi) is 6.36. The Bertz CT molecular complexity index is 1470. The molecule has 10 heteroatoms. The molecule has 0 radical (unpaired) electrons. The molecule has 8 nitrogen and oxygen atoms in total. The van der Waals surface area contributed by atoms with Crippen molar-refractivity contribution < 1.29 is 14.3 Å². The molecular formula is C27H26N4O4S2. The number of hydrogen-bond acceptors (Lipinski definition) is 8. The van der Waals surface area contributed by atoms with Gasteiger partial charge in [-0.1, -0.05) is 60.4 Å². The first-order chi connectivity index (χ1) is 17.9. The topological polar surface area (TPSA) is 76.4 Å². The molecular weight excluding hydrogens is 508 g/mol. The van der Waals surface area contributed by atoms with Crippen molar-refractivity contribution in [2.24, 2.45) is 0 Å². The normalized spacial score (nSPS) is 20.6. The number of amides is 1. The van der Waals surface area contributed by atoms with Crippen LogP contribution in [0.15, 0.2) is 58.4 Å². The van der Waals surface area contributed by atoms with Gasteiger partial charge in [0.05, 0.1) is 30.2 Å². The summed E-state index contributed by atoms with van der Waals surface area (Å²) in [6, 6.07) is 13.5. The number of nitrogens with zero attached hydrogens (tertiary/aromatic N) is 4. The monoisotopic (exact) mass is 534 g/mol. The number of thioether (sulfide) groups is 1. The van der Waals surface area contributed by atoms with Crippen LogP contribution in [0.5, 0.6) is 0 Å². The number of piperidine rings is 1. The number of anilines is 1. The summed E-state index contributed by atoms with van der Waals surface area (Å²) >= 11 is 6.76. The van der Waals surface area contributed by atoms with Gasteiger partial charge in [0.25, 0.3) is 11.5 Å². The van der Waals surface area contributed by atoms with Crippen LogP contribution in [0.2, 0.25) is 0 Å². The summed E-state index contributed by atoms with van der Waals surface area (Å²) in [4.78, 5) is 36.2. The lowest BCUT2D eigenvalue weighted by Crippen LogP contribution is -2.46. The highest BCUT2D eigenvalue weighted by molar-refractivity contribution is 8.26. The van der Waals surface area contributed by atoms with Crippen molar-refractivity contribution >= 4 is 51.7 Å². The molecule has 1 aromatic carbocycles. The van der Waals surface area contributed by atoms with Gasteiger partial charge in [0.2, 0.25) is 0 Å². The van der Waals surface area contributed by atoms with E-state index in [1.54, 1.807) is 21.6 Å². The number of benzene rings is 1. The van der Waals surface area contributed by atoms with Crippen LogP contribution >= 0.6 is 24.0 Å². The third-order valence-electron chi connectivity index (χ3n) is 7.04. The van der Waals surface area contributed by atoms with Gasteiger partial charge in [0.1, 0.15) is 15.8 Å². The largest absolute Gasteiger partial charge is 0.355 e. The van der Waals surface area contributed by atoms with Crippen molar-refractivity contribution in [3.8, 4) is 0 Å². The molecule has 3 saturated heterocycles. The molecule has 190 valence electrons. The molecule has 5 heterocycles. The molecule has 3 aliphatic heterocycles. The number of carbonyl (C=O) groups is 1. The summed E-state index contributed by atoms with van der Waals surface area (Å²) in [5.74, 6) is -0.178. The number of ether oxygens (including phenoxy) is 2. The van der Waals surface area contributed by atoms with E-state index in [0.717, 1.165) is 11.1 Å². The minimum Gasteiger partial charge on any atom is -0.355 e. The molecule has 2 aromatic heterocycles. The summed E-state index contributed by atoms with van der Waals surface area (Å²) < 4.78 is 13.8. The lowest BCUT2D eigenvalue weighted by Gasteiger charge is -2.38. The lowest BCUT2D eigenvalue weighted by atomic mass is 10.0. The summed E-state index contributed by atoms with van der Waals surface area (Å²) in [5, 5.41) is 0. The highest BCUT2D eigenvalue weighted by atomic mass is 32.2. The van der Waals surface area contributed by atoms with Gasteiger partial charge in [-0.3, -0.25) is 18.9 Å². The second-order valence-electron chi connectivity index (χ2n) is 9.39. The molecule has 1 amide bonds. The smallest absolute Gasteiger partial charge is 0.267 e. The molecule has 3 aromatic rings. The molecule has 37 heavy (non-hydrogen) atoms. The zero-order valence-electron chi connectivity index (χ0n) is 20.4. The van der Waals surface area contributed by atoms with Gasteiger partial charge in [-0.25, -0.2) is 4.98 Å². The van der Waals surface area contributed by atoms with Gasteiger partial charge in [-0.2, -0.15) is 0 Å². The molecule has 0 N–H and O–H groups in total. The Morgan fingerprint density at radius 2 is 1.81 bits per heavy atom. The number of pyridine rings is 1. The fraction of sp³-hybridized carbons (Fsp3) is 0.333. The van der Waals surface area contributed by atoms with Crippen LogP contribution in [0.25, 0.3) is 11.7 Å². The zero-order chi connectivity index (χ0) is 25.6. The average Bonchev–Trinajstić information content (AvgIpc) is 3.47. The highest BCUT2D eigenvalue weighted by Crippen LogP contribution is 2.36. The van der Waals surface area contributed by atoms with Gasteiger partial charge >= 0.3 is 0 Å². The summed E-state index contributed by atoms with van der Waals surface area (Å²) in [6.45, 7) is 4.79. The minimum atomic E-state index is -0.543. The Morgan fingerprint density at radius 3 is 2.54 bits per heavy atom. The maximum Gasteiger partial charge on any atom is 0.267 e. The Hall–Kier alpha value is -3.05. The van der Waals surface area contributed by atoms with E-state index in [1.165, 1.54) is 11.8 Å². The lowest BCUT2D eigenvalue weighted by molar-refractivity contribution is -0.169. The van der Waals surface area contributed by atoms with Crippen molar-refractivity contribution in [2.45, 2.75) is 32.1 Å². The molecule has 0 atom stereocenters. The van der Waals surface area contributed by atoms with Crippen molar-refractivity contribution in [3.63, 3.8) is 0 Å². The fourth-order valence-corrected chi connectivity index (χ4v) is 6.28. The Balaban J connectivity index is 1.39. The molecule has 3 aliphatic rings. The van der Waals surface area contributed by atoms with Gasteiger partial charge in [-0.15, -0.1) is 0 Å². The van der Waals surface area contributed by atoms with Crippen molar-refractivity contribution in [1.82, 2.24) is 14.3 Å². The quantitative estimate of drug-likeness (QED) is 0.370. The standard InChI is InChI=1S/C27H26N4O4S2/c1-18-6-5-11-30-22(18)28-23(29-12-9-27(10-13-29)34-14-15-35-27)20(24(30)32)16-21-25(33)31(26(36)37-21)17-19-7-3-2-4-8-19/h2-8,11,16H,9-10,12-15,17H2,1H3/b21-16+. The molecule has 1 spiro atoms. The summed E-state index contributed by atoms with van der Waals surface area (Å²) in [7, 11) is 0. The third-order valence-corrected chi connectivity index (χ3v) is 8.41. The SMILES string of the molecule is Cc1cccn2c(=O)c(/C=C3/SC(=S)N(Cc4ccccc4)C3=O)c(N3CCC4(CC3)OCCO4)nc12. The van der Waals surface area contributed by atoms with Crippen molar-refractivity contribution in [1.29, 1.82) is 0 Å². The highest BCUT2D eigenvalue weighted by Gasteiger charge is 2.41. The molecule has 0 unspecified atom stereocenters. The van der Waals surface area contributed by atoms with Crippen molar-refractivity contribution in [3.05, 3.63) is 80.6 Å². The number of aryl methyl sites for hydroxylation is 1. The van der Waals surface area contributed by atoms with Gasteiger partial charge in [0, 0.05) is 32.1 Å². The number of fused-ring (bicyclic) bond motifs is 1. The van der Waals surface area contributed by atoms with E-state index in [1.807, 2.05) is 49.4 Å². The predicted molar refractivity (Wildman–Crippen MR) is 147 cm³/mol. The van der Waals surface area contributed by atoms with Crippen LogP contribution in [0.1, 0.15) is 29.5 Å². The van der Waals surface area contributed by atoms with Gasteiger partial charge in [0.15, 0.2) is 5.79 Å². The first-order valence-corrected chi connectivity index (χ1v) is 13.5. The first-order valence-electron chi connectivity index (χ1n) is 12.3. The number of carbonyl (C=O) groups excluding carboxylic acids is 1. The number of hydrogen-bond donors (Lipinski definition) is 0. The van der Waals surface area contributed by atoms with E-state index < -0.39 is 5.79 Å². The first kappa shape index (κ1) is 24.3. The summed E-state index contributed by atoms with van der Waals surface area (Å²) in [5.41, 5.74) is 2.66. The molecule has 6 rings (SSSR count). The average molecular weight is 535 g/mol. The van der Waals surface area contributed by atoms with Crippen LogP contribution in [-0.2, 0) is 20.8 Å². The van der Waals surface area contributed by atoms with E-state index in [2.05, 4.69) is 4.90 Å². The van der Waals surface area contributed by atoms with Crippen LogP contribution in [-0.4, -0.2) is 56.6 Å². The van der Waals surface area contributed by atoms with Gasteiger partial charge < -0.3 is 14.4 Å². The third kappa shape index (κ3) is 4.48. The van der Waals surface area contributed by atoms with Crippen LogP contribution in [0, 0.1) is 6.92 Å². The second-order valence-corrected chi connectivity index (χ2v) is 11.1. The van der Waals surface area contributed by atoms with Crippen LogP contribution in [0.3, 0.4) is 0 Å². The van der Waals surface area contributed by atoms with E-state index >= 15 is 0 Å². The minimum absolute atomic E-state index is 0.205. The number of thiocarbonyl (C=S) groups is 1. The maximum absolute atomic E-state index is 13.8. The van der Waals surface area contributed by atoms with Crippen LogP contribution in [0.4, 0.5) is 5.82 Å². The predicted octanol–water partition coefficient (Wildman–Crippen LogP) is 3.75. The molecule has 0 bridgehead atoms. The van der Waals surface area contributed by atoms with E-state index in [9.17, 15) is 9.59 Å². The molecule has 0 aliphatic carbocycles. The fourth-order valence-electron chi connectivity index (χ4n) is 5.05. The Labute approximate surface area is 223 Å². The Morgan fingerprint density at radius 1 is 1.08 bits per heavy atom. The van der Waals surface area contributed by atoms with E-state index in [4.69, 9.17) is 26.7 Å². The van der Waals surface area contributed by atoms with Crippen LogP contribution < -0.4 is 10.5 Å². The number of aromatic nitrogens is 2. The number of rotatable bonds is 4. The van der Waals surface area contributed by atoms with E-state index in [-0.39, 0.29) is 11.5 Å². The van der Waals surface area contributed by atoms with Crippen molar-refractivity contribution in [2.75, 3.05) is 31.2 Å². The molecule has 3 fully saturated rings. The van der Waals surface area contributed by atoms with E-state index in [0.29, 0.717) is 71.9 Å². The maximum atomic E-state index is 13.8. The second kappa shape index (κ2) is 9.68. The summed E-state index contributed by atoms with van der Waals surface area (Å²) in [6.07, 6.45) is 4.74. The molecule has 0 saturated carbocycles.